The maximum atomic E-state index is 10.6. The molecule has 13 nitrogen and oxygen atoms in total. The first-order valence-corrected chi connectivity index (χ1v) is 13.9. The van der Waals surface area contributed by atoms with E-state index in [1.54, 1.807) is 12.1 Å². The second kappa shape index (κ2) is 16.4. The average molecular weight is 663 g/mol. The van der Waals surface area contributed by atoms with Gasteiger partial charge < -0.3 is 22.1 Å². The van der Waals surface area contributed by atoms with E-state index >= 15 is 0 Å². The normalized spacial score (nSPS) is 14.7. The van der Waals surface area contributed by atoms with E-state index in [1.807, 2.05) is 0 Å². The van der Waals surface area contributed by atoms with Gasteiger partial charge in [-0.1, -0.05) is 53.8 Å². The lowest BCUT2D eigenvalue weighted by Gasteiger charge is -2.06. The van der Waals surface area contributed by atoms with Gasteiger partial charge in [0.2, 0.25) is 11.0 Å². The number of aromatic nitrogens is 3. The molecule has 17 heteroatoms. The van der Waals surface area contributed by atoms with Crippen molar-refractivity contribution in [2.75, 3.05) is 16.4 Å². The number of nitrogens with two attached hydrogens (primary N) is 2. The molecule has 0 aliphatic heterocycles. The summed E-state index contributed by atoms with van der Waals surface area (Å²) in [6.07, 6.45) is 7.00. The van der Waals surface area contributed by atoms with Gasteiger partial charge in [-0.2, -0.15) is 0 Å². The van der Waals surface area contributed by atoms with Crippen LogP contribution in [0.2, 0.25) is 20.6 Å². The first-order valence-electron chi connectivity index (χ1n) is 12.4. The van der Waals surface area contributed by atoms with Gasteiger partial charge in [0.25, 0.3) is 0 Å². The largest absolute Gasteiger partial charge is 0.396 e. The number of hydrogen-bond acceptors (Lipinski definition) is 11. The Morgan fingerprint density at radius 2 is 1.10 bits per heavy atom. The standard InChI is InChI=1S/C8H8ClN3O2.C8H10ClN3.C5H2Cl2N2O2.C3H7N.CH4/c9-7-4-3-6(12(13)14)8(11-7)10-5-1-2-5;9-7-4-3-6(10)8(12-7)11-5-1-2-5;6-4-2-1-3(9(10)11)5(7)8-4;4-3-1-2-3;/h3-5H,1-2H2,(H,10,11);3-5H,1-2,10H2,(H,11,12);1-2H;3H,1-2,4H2;1H4. The molecule has 3 heterocycles. The molecular weight excluding hydrogens is 632 g/mol. The van der Waals surface area contributed by atoms with Crippen molar-refractivity contribution in [1.82, 2.24) is 15.0 Å². The molecule has 0 bridgehead atoms. The van der Waals surface area contributed by atoms with Crippen LogP contribution in [0.4, 0.5) is 28.7 Å². The Hall–Kier alpha value is -3.23. The number of hydrogen-bond donors (Lipinski definition) is 4. The van der Waals surface area contributed by atoms with Gasteiger partial charge in [-0.05, 0) is 62.8 Å². The highest BCUT2D eigenvalue weighted by Gasteiger charge is 2.26. The average Bonchev–Trinajstić information content (AvgIpc) is 3.74. The van der Waals surface area contributed by atoms with Crippen LogP contribution in [-0.4, -0.2) is 42.9 Å². The van der Waals surface area contributed by atoms with Crippen LogP contribution >= 0.6 is 46.4 Å². The molecule has 228 valence electrons. The van der Waals surface area contributed by atoms with Gasteiger partial charge in [-0.3, -0.25) is 20.2 Å². The minimum Gasteiger partial charge on any atom is -0.396 e. The maximum Gasteiger partial charge on any atom is 0.311 e. The number of nitrogens with one attached hydrogen (secondary N) is 2. The third kappa shape index (κ3) is 12.7. The molecule has 42 heavy (non-hydrogen) atoms. The van der Waals surface area contributed by atoms with E-state index in [-0.39, 0.29) is 40.1 Å². The molecule has 3 fully saturated rings. The minimum atomic E-state index is -0.619. The van der Waals surface area contributed by atoms with Crippen LogP contribution in [0.1, 0.15) is 46.0 Å². The molecular formula is C25H31Cl4N9O4. The molecule has 0 unspecified atom stereocenters. The fraction of sp³-hybridized carbons (Fsp3) is 0.400. The number of rotatable bonds is 6. The molecule has 3 aliphatic rings. The summed E-state index contributed by atoms with van der Waals surface area (Å²) in [5.41, 5.74) is 11.3. The van der Waals surface area contributed by atoms with Gasteiger partial charge >= 0.3 is 11.4 Å². The Balaban J connectivity index is 0.000000205. The first-order chi connectivity index (χ1) is 19.4. The second-order valence-electron chi connectivity index (χ2n) is 9.21. The lowest BCUT2D eigenvalue weighted by molar-refractivity contribution is -0.385. The zero-order valence-corrected chi connectivity index (χ0v) is 24.5. The van der Waals surface area contributed by atoms with E-state index in [2.05, 4.69) is 25.6 Å². The van der Waals surface area contributed by atoms with Crippen molar-refractivity contribution in [3.8, 4) is 0 Å². The van der Waals surface area contributed by atoms with Crippen molar-refractivity contribution >= 4 is 75.1 Å². The highest BCUT2D eigenvalue weighted by atomic mass is 35.5. The predicted molar refractivity (Wildman–Crippen MR) is 168 cm³/mol. The van der Waals surface area contributed by atoms with Crippen molar-refractivity contribution in [2.45, 2.75) is 64.1 Å². The van der Waals surface area contributed by atoms with Gasteiger partial charge in [-0.15, -0.1) is 0 Å². The van der Waals surface area contributed by atoms with Gasteiger partial charge in [-0.25, -0.2) is 15.0 Å². The minimum absolute atomic E-state index is 0. The summed E-state index contributed by atoms with van der Waals surface area (Å²) >= 11 is 22.2. The van der Waals surface area contributed by atoms with E-state index in [9.17, 15) is 20.2 Å². The molecule has 6 N–H and O–H groups in total. The summed E-state index contributed by atoms with van der Waals surface area (Å²) in [7, 11) is 0. The second-order valence-corrected chi connectivity index (χ2v) is 10.7. The summed E-state index contributed by atoms with van der Waals surface area (Å²) in [6, 6.07) is 10.2. The summed E-state index contributed by atoms with van der Waals surface area (Å²) in [6.45, 7) is 0. The fourth-order valence-corrected chi connectivity index (χ4v) is 3.43. The van der Waals surface area contributed by atoms with Gasteiger partial charge in [0.05, 0.1) is 15.5 Å². The van der Waals surface area contributed by atoms with Gasteiger partial charge in [0.15, 0.2) is 5.82 Å². The lowest BCUT2D eigenvalue weighted by Crippen LogP contribution is -2.06. The Morgan fingerprint density at radius 1 is 0.690 bits per heavy atom. The highest BCUT2D eigenvalue weighted by Crippen LogP contribution is 2.30. The van der Waals surface area contributed by atoms with E-state index in [0.29, 0.717) is 34.8 Å². The van der Waals surface area contributed by atoms with Gasteiger partial charge in [0, 0.05) is 30.3 Å². The van der Waals surface area contributed by atoms with Crippen molar-refractivity contribution in [1.29, 1.82) is 0 Å². The number of nitro groups is 2. The smallest absolute Gasteiger partial charge is 0.311 e. The number of halogens is 4. The summed E-state index contributed by atoms with van der Waals surface area (Å²) < 4.78 is 0. The SMILES string of the molecule is C.NC1CC1.Nc1ccc(Cl)nc1NC1CC1.O=[N+]([O-])c1ccc(Cl)nc1Cl.O=[N+]([O-])c1ccc(Cl)nc1NC1CC1. The summed E-state index contributed by atoms with van der Waals surface area (Å²) in [4.78, 5) is 31.2. The topological polar surface area (TPSA) is 201 Å². The first kappa shape index (κ1) is 35.0. The molecule has 0 spiro atoms. The predicted octanol–water partition coefficient (Wildman–Crippen LogP) is 7.15. The van der Waals surface area contributed by atoms with Gasteiger partial charge in [0.1, 0.15) is 15.5 Å². The molecule has 3 aromatic heterocycles. The molecule has 3 saturated carbocycles. The van der Waals surface area contributed by atoms with Crippen LogP contribution in [0, 0.1) is 20.2 Å². The Labute approximate surface area is 262 Å². The highest BCUT2D eigenvalue weighted by molar-refractivity contribution is 6.33. The third-order valence-electron chi connectivity index (χ3n) is 5.38. The van der Waals surface area contributed by atoms with E-state index in [1.165, 1.54) is 49.9 Å². The Kier molecular flexibility index (Phi) is 13.7. The van der Waals surface area contributed by atoms with Crippen LogP contribution in [-0.2, 0) is 0 Å². The molecule has 0 amide bonds. The quantitative estimate of drug-likeness (QED) is 0.119. The molecule has 6 rings (SSSR count). The van der Waals surface area contributed by atoms with Crippen molar-refractivity contribution in [3.63, 3.8) is 0 Å². The Morgan fingerprint density at radius 3 is 1.52 bits per heavy atom. The molecule has 3 aromatic rings. The van der Waals surface area contributed by atoms with Crippen molar-refractivity contribution in [3.05, 3.63) is 77.2 Å². The zero-order valence-electron chi connectivity index (χ0n) is 21.5. The summed E-state index contributed by atoms with van der Waals surface area (Å²) in [5, 5.41) is 27.7. The van der Waals surface area contributed by atoms with E-state index in [4.69, 9.17) is 57.9 Å². The van der Waals surface area contributed by atoms with Crippen molar-refractivity contribution in [2.24, 2.45) is 5.73 Å². The fourth-order valence-electron chi connectivity index (χ4n) is 2.72. The van der Waals surface area contributed by atoms with E-state index in [0.717, 1.165) is 12.8 Å². The lowest BCUT2D eigenvalue weighted by atomic mass is 10.4. The number of anilines is 3. The Bertz CT molecular complexity index is 1370. The van der Waals surface area contributed by atoms with Crippen LogP contribution in [0.25, 0.3) is 0 Å². The van der Waals surface area contributed by atoms with Crippen LogP contribution in [0.3, 0.4) is 0 Å². The molecule has 0 radical (unpaired) electrons. The summed E-state index contributed by atoms with van der Waals surface area (Å²) in [5.74, 6) is 0.981. The molecule has 3 aliphatic carbocycles. The monoisotopic (exact) mass is 661 g/mol. The molecule has 0 aromatic carbocycles. The number of pyridine rings is 3. The molecule has 0 saturated heterocycles. The molecule has 0 atom stereocenters. The van der Waals surface area contributed by atoms with Crippen LogP contribution in [0.5, 0.6) is 0 Å². The van der Waals surface area contributed by atoms with Crippen LogP contribution < -0.4 is 22.1 Å². The zero-order chi connectivity index (χ0) is 30.1. The van der Waals surface area contributed by atoms with E-state index < -0.39 is 9.85 Å². The maximum absolute atomic E-state index is 10.6. The van der Waals surface area contributed by atoms with Crippen molar-refractivity contribution < 1.29 is 9.85 Å². The third-order valence-corrected chi connectivity index (χ3v) is 6.29. The number of nitrogen functional groups attached to an aromatic ring is 1. The number of nitrogens with zero attached hydrogens (tertiary/aromatic N) is 5. The van der Waals surface area contributed by atoms with Crippen LogP contribution in [0.15, 0.2) is 36.4 Å².